The molecule has 0 saturated heterocycles. The molecule has 1 unspecified atom stereocenters. The molecule has 3 aromatic carbocycles. The lowest BCUT2D eigenvalue weighted by atomic mass is 9.72. The van der Waals surface area contributed by atoms with Gasteiger partial charge in [-0.1, -0.05) is 141 Å². The van der Waals surface area contributed by atoms with E-state index in [9.17, 15) is 14.4 Å². The fraction of sp³-hybridized carbons (Fsp3) is 0.481. The van der Waals surface area contributed by atoms with Gasteiger partial charge in [-0.05, 0) is 103 Å². The van der Waals surface area contributed by atoms with Crippen LogP contribution in [0.25, 0.3) is 16.3 Å². The zero-order valence-electron chi connectivity index (χ0n) is 34.1. The summed E-state index contributed by atoms with van der Waals surface area (Å²) >= 11 is 0. The van der Waals surface area contributed by atoms with Crippen molar-refractivity contribution >= 4 is 33.7 Å². The summed E-state index contributed by atoms with van der Waals surface area (Å²) in [5, 5.41) is 2.38. The Morgan fingerprint density at radius 2 is 1.50 bits per heavy atom. The maximum Gasteiger partial charge on any atom is 0.185 e. The Labute approximate surface area is 338 Å². The second-order valence-corrected chi connectivity index (χ2v) is 15.7. The minimum absolute atomic E-state index is 0. The van der Waals surface area contributed by atoms with Gasteiger partial charge in [0.05, 0.1) is 6.61 Å². The Morgan fingerprint density at radius 3 is 2.12 bits per heavy atom. The summed E-state index contributed by atoms with van der Waals surface area (Å²) in [5.41, 5.74) is 10.4. The van der Waals surface area contributed by atoms with Crippen molar-refractivity contribution in [3.63, 3.8) is 0 Å². The smallest absolute Gasteiger partial charge is 0.185 e. The predicted octanol–water partition coefficient (Wildman–Crippen LogP) is 13.7. The first kappa shape index (κ1) is 46.1. The third-order valence-electron chi connectivity index (χ3n) is 11.9. The standard InChI is InChI=1S/C49H58O4.C2H6.CH4/c1-6-17-42(48(52)49(5)27-28-49)31-36(7-2)41(26-29-53-34-35-24-25-38-18-13-14-21-40(38)30-35)33-47(51)45(39-19-11-10-12-20-39)32-37(8-3)43-22-15-16-23-44(43)46(50)9-4;1-2;/h9,13-16,18,21-25,30,39,41-42,45H,2-4,6,10-12,17,19-20,26-29,31-34H2,1,5H3;1-2H3;1H4/t41-,42?,45+;;/m1../s1. The lowest BCUT2D eigenvalue weighted by Gasteiger charge is -2.32. The summed E-state index contributed by atoms with van der Waals surface area (Å²) in [6, 6.07) is 22.2. The molecular formula is C52H68O4. The zero-order chi connectivity index (χ0) is 39.8. The van der Waals surface area contributed by atoms with E-state index >= 15 is 0 Å². The molecule has 0 bridgehead atoms. The molecule has 2 aliphatic carbocycles. The number of carbonyl (C=O) groups is 3. The third kappa shape index (κ3) is 12.3. The maximum atomic E-state index is 14.8. The Kier molecular flexibility index (Phi) is 18.9. The molecule has 3 atom stereocenters. The van der Waals surface area contributed by atoms with Gasteiger partial charge in [-0.25, -0.2) is 0 Å². The number of carbonyl (C=O) groups excluding carboxylic acids is 3. The van der Waals surface area contributed by atoms with E-state index in [2.05, 4.69) is 75.4 Å². The highest BCUT2D eigenvalue weighted by molar-refractivity contribution is 6.07. The summed E-state index contributed by atoms with van der Waals surface area (Å²) in [7, 11) is 0. The van der Waals surface area contributed by atoms with Gasteiger partial charge in [0, 0.05) is 41.4 Å². The van der Waals surface area contributed by atoms with Crippen LogP contribution in [-0.4, -0.2) is 24.0 Å². The fourth-order valence-corrected chi connectivity index (χ4v) is 8.44. The van der Waals surface area contributed by atoms with E-state index in [4.69, 9.17) is 4.74 Å². The second kappa shape index (κ2) is 23.0. The molecule has 4 nitrogen and oxygen atoms in total. The predicted molar refractivity (Wildman–Crippen MR) is 236 cm³/mol. The second-order valence-electron chi connectivity index (χ2n) is 15.7. The summed E-state index contributed by atoms with van der Waals surface area (Å²) in [6.07, 6.45) is 12.4. The number of hydrogen-bond donors (Lipinski definition) is 0. The van der Waals surface area contributed by atoms with Gasteiger partial charge in [-0.3, -0.25) is 14.4 Å². The van der Waals surface area contributed by atoms with Crippen molar-refractivity contribution in [1.82, 2.24) is 0 Å². The summed E-state index contributed by atoms with van der Waals surface area (Å²) in [6.45, 7) is 21.0. The molecule has 3 aromatic rings. The van der Waals surface area contributed by atoms with Gasteiger partial charge in [0.1, 0.15) is 11.6 Å². The molecule has 0 heterocycles. The first-order valence-electron chi connectivity index (χ1n) is 20.9. The van der Waals surface area contributed by atoms with Crippen LogP contribution in [0.15, 0.2) is 110 Å². The molecule has 2 saturated carbocycles. The lowest BCUT2D eigenvalue weighted by Crippen LogP contribution is -2.29. The van der Waals surface area contributed by atoms with E-state index in [-0.39, 0.29) is 48.1 Å². The van der Waals surface area contributed by atoms with Crippen LogP contribution >= 0.6 is 0 Å². The number of Topliss-reactive ketones (excluding diaryl/α,β-unsaturated/α-hetero) is 2. The van der Waals surface area contributed by atoms with E-state index in [1.54, 1.807) is 6.07 Å². The Balaban J connectivity index is 0.00000276. The van der Waals surface area contributed by atoms with Gasteiger partial charge >= 0.3 is 0 Å². The van der Waals surface area contributed by atoms with Gasteiger partial charge in [0.2, 0.25) is 0 Å². The van der Waals surface area contributed by atoms with Gasteiger partial charge in [0.15, 0.2) is 5.78 Å². The van der Waals surface area contributed by atoms with Crippen LogP contribution in [0.3, 0.4) is 0 Å². The topological polar surface area (TPSA) is 60.4 Å². The first-order valence-corrected chi connectivity index (χ1v) is 20.9. The summed E-state index contributed by atoms with van der Waals surface area (Å²) in [4.78, 5) is 41.4. The SMILES string of the molecule is C.C=C=C(C[C@H](C(=O)C[C@@H](CCOCc1ccc2ccccc2c1)C(=C=C)CC(CCC)C(=O)C1(C)CC1)C1CCCCC1)c1ccccc1C(=O)C=C.CC. The number of fused-ring (bicyclic) bond motifs is 1. The van der Waals surface area contributed by atoms with Crippen LogP contribution in [0.4, 0.5) is 0 Å². The number of allylic oxidation sites excluding steroid dienone is 3. The molecule has 4 heteroatoms. The van der Waals surface area contributed by atoms with Crippen molar-refractivity contribution in [2.75, 3.05) is 6.61 Å². The number of hydrogen-bond acceptors (Lipinski definition) is 4. The molecule has 2 fully saturated rings. The van der Waals surface area contributed by atoms with Crippen molar-refractivity contribution in [3.8, 4) is 0 Å². The Bertz CT molecular complexity index is 1870. The molecule has 56 heavy (non-hydrogen) atoms. The van der Waals surface area contributed by atoms with Crippen LogP contribution in [-0.2, 0) is 20.9 Å². The lowest BCUT2D eigenvalue weighted by molar-refractivity contribution is -0.127. The number of rotatable bonds is 21. The Morgan fingerprint density at radius 1 is 0.839 bits per heavy atom. The fourth-order valence-electron chi connectivity index (χ4n) is 8.44. The molecule has 0 spiro atoms. The van der Waals surface area contributed by atoms with Crippen LogP contribution in [0.1, 0.15) is 140 Å². The highest BCUT2D eigenvalue weighted by Gasteiger charge is 2.47. The quantitative estimate of drug-likeness (QED) is 0.0470. The zero-order valence-corrected chi connectivity index (χ0v) is 34.1. The van der Waals surface area contributed by atoms with Crippen molar-refractivity contribution in [2.45, 2.75) is 125 Å². The molecule has 2 aliphatic rings. The Hall–Kier alpha value is -4.33. The van der Waals surface area contributed by atoms with E-state index < -0.39 is 0 Å². The van der Waals surface area contributed by atoms with Crippen LogP contribution in [0.2, 0.25) is 0 Å². The molecular weight excluding hydrogens is 689 g/mol. The first-order chi connectivity index (χ1) is 26.7. The molecule has 0 aliphatic heterocycles. The third-order valence-corrected chi connectivity index (χ3v) is 11.9. The van der Waals surface area contributed by atoms with E-state index in [1.165, 1.54) is 23.3 Å². The maximum absolute atomic E-state index is 14.8. The van der Waals surface area contributed by atoms with Crippen molar-refractivity contribution < 1.29 is 19.1 Å². The highest BCUT2D eigenvalue weighted by atomic mass is 16.5. The van der Waals surface area contributed by atoms with Crippen molar-refractivity contribution in [3.05, 3.63) is 126 Å². The summed E-state index contributed by atoms with van der Waals surface area (Å²) in [5.74, 6) is 0.151. The largest absolute Gasteiger partial charge is 0.377 e. The number of ether oxygens (including phenoxy) is 1. The molecule has 0 amide bonds. The van der Waals surface area contributed by atoms with E-state index in [0.29, 0.717) is 50.2 Å². The van der Waals surface area contributed by atoms with Crippen molar-refractivity contribution in [2.24, 2.45) is 29.1 Å². The van der Waals surface area contributed by atoms with E-state index in [0.717, 1.165) is 73.6 Å². The minimum atomic E-state index is -0.239. The molecule has 0 radical (unpaired) electrons. The van der Waals surface area contributed by atoms with Gasteiger partial charge in [-0.2, -0.15) is 0 Å². The molecule has 0 aromatic heterocycles. The molecule has 0 N–H and O–H groups in total. The highest BCUT2D eigenvalue weighted by Crippen LogP contribution is 2.49. The van der Waals surface area contributed by atoms with E-state index in [1.807, 2.05) is 44.2 Å². The molecule has 5 rings (SSSR count). The van der Waals surface area contributed by atoms with Gasteiger partial charge < -0.3 is 4.74 Å². The normalized spacial score (nSPS) is 16.0. The van der Waals surface area contributed by atoms with Crippen molar-refractivity contribution in [1.29, 1.82) is 0 Å². The minimum Gasteiger partial charge on any atom is -0.377 e. The average Bonchev–Trinajstić information content (AvgIpc) is 3.99. The molecule has 300 valence electrons. The van der Waals surface area contributed by atoms with Crippen LogP contribution in [0.5, 0.6) is 0 Å². The summed E-state index contributed by atoms with van der Waals surface area (Å²) < 4.78 is 6.30. The van der Waals surface area contributed by atoms with Crippen LogP contribution < -0.4 is 0 Å². The average molecular weight is 757 g/mol. The number of ketones is 3. The monoisotopic (exact) mass is 757 g/mol. The number of benzene rings is 3. The van der Waals surface area contributed by atoms with Crippen LogP contribution in [0, 0.1) is 29.1 Å². The van der Waals surface area contributed by atoms with Gasteiger partial charge in [0.25, 0.3) is 0 Å². The van der Waals surface area contributed by atoms with Gasteiger partial charge in [-0.15, -0.1) is 11.5 Å².